The number of anilines is 2. The molecule has 1 unspecified atom stereocenters. The van der Waals surface area contributed by atoms with E-state index in [9.17, 15) is 18.0 Å². The molecule has 1 aromatic heterocycles. The van der Waals surface area contributed by atoms with Gasteiger partial charge in [-0.3, -0.25) is 0 Å². The Balaban J connectivity index is 1.64. The predicted octanol–water partition coefficient (Wildman–Crippen LogP) is 4.44. The topological polar surface area (TPSA) is 94.2 Å². The largest absolute Gasteiger partial charge is 0.416 e. The molecule has 1 fully saturated rings. The number of nitrogens with one attached hydrogen (secondary N) is 2. The van der Waals surface area contributed by atoms with Crippen molar-refractivity contribution in [3.63, 3.8) is 0 Å². The number of nitrogens with two attached hydrogens (primary N) is 1. The number of alkyl halides is 3. The Labute approximate surface area is 182 Å². The number of carbonyl (C=O) groups is 1. The van der Waals surface area contributed by atoms with Gasteiger partial charge >= 0.3 is 12.2 Å². The van der Waals surface area contributed by atoms with Crippen LogP contribution < -0.4 is 16.4 Å². The first kappa shape index (κ1) is 21.7. The molecule has 0 aliphatic carbocycles. The summed E-state index contributed by atoms with van der Waals surface area (Å²) in [6.45, 7) is 1.04. The molecule has 0 bridgehead atoms. The van der Waals surface area contributed by atoms with Gasteiger partial charge in [0.1, 0.15) is 11.4 Å². The smallest absolute Gasteiger partial charge is 0.382 e. The summed E-state index contributed by atoms with van der Waals surface area (Å²) in [5, 5.41) is 9.97. The van der Waals surface area contributed by atoms with E-state index in [1.54, 1.807) is 12.1 Å². The lowest BCUT2D eigenvalue weighted by molar-refractivity contribution is -0.137. The third-order valence-corrected chi connectivity index (χ3v) is 5.16. The van der Waals surface area contributed by atoms with Crippen LogP contribution in [0.5, 0.6) is 0 Å². The van der Waals surface area contributed by atoms with Gasteiger partial charge in [0.25, 0.3) is 0 Å². The number of hydrogen-bond donors (Lipinski definition) is 3. The monoisotopic (exact) mass is 445 g/mol. The van der Waals surface area contributed by atoms with Gasteiger partial charge in [-0.05, 0) is 37.1 Å². The number of aromatic nitrogens is 2. The Morgan fingerprint density at radius 2 is 1.88 bits per heavy atom. The van der Waals surface area contributed by atoms with E-state index in [4.69, 9.17) is 10.5 Å². The van der Waals surface area contributed by atoms with Gasteiger partial charge in [0.05, 0.1) is 17.4 Å². The molecule has 2 amide bonds. The number of urea groups is 1. The minimum Gasteiger partial charge on any atom is -0.382 e. The summed E-state index contributed by atoms with van der Waals surface area (Å²) >= 11 is 0. The summed E-state index contributed by atoms with van der Waals surface area (Å²) in [6, 6.07) is 13.1. The van der Waals surface area contributed by atoms with Crippen LogP contribution in [-0.4, -0.2) is 35.1 Å². The fourth-order valence-corrected chi connectivity index (χ4v) is 3.51. The fourth-order valence-electron chi connectivity index (χ4n) is 3.51. The second kappa shape index (κ2) is 8.91. The first-order valence-corrected chi connectivity index (χ1v) is 10.1. The number of carbonyl (C=O) groups excluding carboxylic acids is 1. The van der Waals surface area contributed by atoms with Crippen molar-refractivity contribution in [1.29, 1.82) is 0 Å². The molecule has 1 atom stereocenters. The molecule has 1 aliphatic rings. The van der Waals surface area contributed by atoms with E-state index in [0.29, 0.717) is 30.1 Å². The SMILES string of the molecule is Nc1c(NC(=O)NCC2CCCO2)c(-c2ccccc2)nn1-c1ccc(C(F)(F)F)cc1. The number of nitrogen functional groups attached to an aromatic ring is 1. The van der Waals surface area contributed by atoms with Crippen LogP contribution in [0, 0.1) is 0 Å². The maximum Gasteiger partial charge on any atom is 0.416 e. The lowest BCUT2D eigenvalue weighted by Gasteiger charge is -2.12. The standard InChI is InChI=1S/C22H22F3N5O2/c23-22(24,25)15-8-10-16(11-9-15)30-20(26)19(18(29-30)14-5-2-1-3-6-14)28-21(31)27-13-17-7-4-12-32-17/h1-3,5-6,8-11,17H,4,7,12-13,26H2,(H2,27,28,31). The quantitative estimate of drug-likeness (QED) is 0.541. The normalized spacial score (nSPS) is 16.2. The number of halogens is 3. The van der Waals surface area contributed by atoms with E-state index in [0.717, 1.165) is 25.0 Å². The molecule has 4 N–H and O–H groups in total. The number of hydrogen-bond acceptors (Lipinski definition) is 4. The number of rotatable bonds is 5. The summed E-state index contributed by atoms with van der Waals surface area (Å²) < 4.78 is 45.5. The average Bonchev–Trinajstić information content (AvgIpc) is 3.41. The van der Waals surface area contributed by atoms with E-state index in [2.05, 4.69) is 15.7 Å². The Hall–Kier alpha value is -3.53. The van der Waals surface area contributed by atoms with Crippen molar-refractivity contribution >= 4 is 17.5 Å². The fraction of sp³-hybridized carbons (Fsp3) is 0.273. The second-order valence-electron chi connectivity index (χ2n) is 7.40. The highest BCUT2D eigenvalue weighted by Gasteiger charge is 2.30. The van der Waals surface area contributed by atoms with Crippen LogP contribution in [0.1, 0.15) is 18.4 Å². The Kier molecular flexibility index (Phi) is 6.04. The predicted molar refractivity (Wildman–Crippen MR) is 114 cm³/mol. The first-order chi connectivity index (χ1) is 15.3. The first-order valence-electron chi connectivity index (χ1n) is 10.1. The number of ether oxygens (including phenoxy) is 1. The highest BCUT2D eigenvalue weighted by Crippen LogP contribution is 2.35. The van der Waals surface area contributed by atoms with Crippen LogP contribution in [0.4, 0.5) is 29.5 Å². The zero-order valence-electron chi connectivity index (χ0n) is 17.0. The molecule has 0 radical (unpaired) electrons. The summed E-state index contributed by atoms with van der Waals surface area (Å²) in [5.74, 6) is 0.0934. The molecule has 1 saturated heterocycles. The van der Waals surface area contributed by atoms with Crippen molar-refractivity contribution in [3.8, 4) is 16.9 Å². The molecule has 1 aliphatic heterocycles. The average molecular weight is 445 g/mol. The third kappa shape index (κ3) is 4.70. The number of benzene rings is 2. The van der Waals surface area contributed by atoms with Crippen molar-refractivity contribution in [3.05, 3.63) is 60.2 Å². The lowest BCUT2D eigenvalue weighted by Crippen LogP contribution is -2.35. The molecule has 4 rings (SSSR count). The van der Waals surface area contributed by atoms with Gasteiger partial charge in [0.15, 0.2) is 5.82 Å². The second-order valence-corrected chi connectivity index (χ2v) is 7.40. The summed E-state index contributed by atoms with van der Waals surface area (Å²) in [7, 11) is 0. The van der Waals surface area contributed by atoms with Crippen LogP contribution in [0.25, 0.3) is 16.9 Å². The van der Waals surface area contributed by atoms with Crippen LogP contribution >= 0.6 is 0 Å². The van der Waals surface area contributed by atoms with E-state index >= 15 is 0 Å². The molecule has 10 heteroatoms. The van der Waals surface area contributed by atoms with E-state index in [1.165, 1.54) is 16.8 Å². The van der Waals surface area contributed by atoms with Gasteiger partial charge in [-0.25, -0.2) is 9.48 Å². The molecule has 3 aromatic rings. The van der Waals surface area contributed by atoms with Crippen LogP contribution in [-0.2, 0) is 10.9 Å². The van der Waals surface area contributed by atoms with Gasteiger partial charge in [-0.15, -0.1) is 0 Å². The molecule has 2 aromatic carbocycles. The summed E-state index contributed by atoms with van der Waals surface area (Å²) in [4.78, 5) is 12.5. The van der Waals surface area contributed by atoms with Gasteiger partial charge < -0.3 is 21.1 Å². The highest BCUT2D eigenvalue weighted by atomic mass is 19.4. The van der Waals surface area contributed by atoms with E-state index in [1.807, 2.05) is 18.2 Å². The van der Waals surface area contributed by atoms with Gasteiger partial charge in [-0.1, -0.05) is 30.3 Å². The maximum atomic E-state index is 12.9. The zero-order valence-corrected chi connectivity index (χ0v) is 17.0. The summed E-state index contributed by atoms with van der Waals surface area (Å²) in [5.41, 5.74) is 7.19. The van der Waals surface area contributed by atoms with Crippen LogP contribution in [0.3, 0.4) is 0 Å². The van der Waals surface area contributed by atoms with Crippen LogP contribution in [0.15, 0.2) is 54.6 Å². The lowest BCUT2D eigenvalue weighted by atomic mass is 10.1. The minimum absolute atomic E-state index is 0.0263. The van der Waals surface area contributed by atoms with Crippen molar-refractivity contribution < 1.29 is 22.7 Å². The zero-order chi connectivity index (χ0) is 22.7. The molecule has 168 valence electrons. The van der Waals surface area contributed by atoms with Gasteiger partial charge in [0.2, 0.25) is 0 Å². The molecular weight excluding hydrogens is 423 g/mol. The number of nitrogens with zero attached hydrogens (tertiary/aromatic N) is 2. The molecular formula is C22H22F3N5O2. The molecule has 32 heavy (non-hydrogen) atoms. The van der Waals surface area contributed by atoms with Gasteiger partial charge in [-0.2, -0.15) is 18.3 Å². The Morgan fingerprint density at radius 3 is 2.50 bits per heavy atom. The van der Waals surface area contributed by atoms with Crippen molar-refractivity contribution in [1.82, 2.24) is 15.1 Å². The van der Waals surface area contributed by atoms with E-state index < -0.39 is 17.8 Å². The van der Waals surface area contributed by atoms with Crippen molar-refractivity contribution in [2.45, 2.75) is 25.1 Å². The molecule has 0 spiro atoms. The molecule has 7 nitrogen and oxygen atoms in total. The molecule has 2 heterocycles. The Morgan fingerprint density at radius 1 is 1.16 bits per heavy atom. The minimum atomic E-state index is -4.45. The molecule has 0 saturated carbocycles. The van der Waals surface area contributed by atoms with Crippen molar-refractivity contribution in [2.24, 2.45) is 0 Å². The summed E-state index contributed by atoms with van der Waals surface area (Å²) in [6.07, 6.45) is -2.64. The number of amides is 2. The highest BCUT2D eigenvalue weighted by molar-refractivity contribution is 5.97. The maximum absolute atomic E-state index is 12.9. The van der Waals surface area contributed by atoms with Gasteiger partial charge in [0, 0.05) is 18.7 Å². The Bertz CT molecular complexity index is 1080. The van der Waals surface area contributed by atoms with Crippen molar-refractivity contribution in [2.75, 3.05) is 24.2 Å². The van der Waals surface area contributed by atoms with E-state index in [-0.39, 0.29) is 17.6 Å². The third-order valence-electron chi connectivity index (χ3n) is 5.16. The van der Waals surface area contributed by atoms with Crippen LogP contribution in [0.2, 0.25) is 0 Å².